The van der Waals surface area contributed by atoms with E-state index in [0.717, 1.165) is 29.9 Å². The number of hydrogen-bond donors (Lipinski definition) is 3. The number of sulfonamides is 1. The van der Waals surface area contributed by atoms with Crippen LogP contribution in [0.4, 0.5) is 8.78 Å². The molecule has 2 heterocycles. The summed E-state index contributed by atoms with van der Waals surface area (Å²) >= 11 is 0.825. The standard InChI is InChI=1S/C20H19F2N3O4S2/c1-11-17(12-6-4-3-5-7-12)20(11,18(26)27)25-31(28,29)16-9-8-14(30-16)13-10-15(24-23-13)19(2,21)22/h3-11,17,25H,1-2H3,(H,23,24)(H,26,27)/t11?,17-,20+/m1/s1. The molecule has 3 aromatic rings. The molecule has 1 saturated carbocycles. The minimum atomic E-state index is -4.18. The predicted molar refractivity (Wildman–Crippen MR) is 111 cm³/mol. The van der Waals surface area contributed by atoms with Gasteiger partial charge in [0.15, 0.2) is 0 Å². The molecule has 3 N–H and O–H groups in total. The molecule has 0 saturated heterocycles. The molecule has 2 aromatic heterocycles. The zero-order chi connectivity index (χ0) is 22.6. The van der Waals surface area contributed by atoms with Gasteiger partial charge in [-0.3, -0.25) is 9.89 Å². The summed E-state index contributed by atoms with van der Waals surface area (Å²) in [5, 5.41) is 15.9. The van der Waals surface area contributed by atoms with Crippen molar-refractivity contribution in [2.24, 2.45) is 5.92 Å². The third-order valence-corrected chi connectivity index (χ3v) is 8.65. The Balaban J connectivity index is 1.62. The van der Waals surface area contributed by atoms with Crippen molar-refractivity contribution in [2.75, 3.05) is 0 Å². The van der Waals surface area contributed by atoms with Gasteiger partial charge in [-0.05, 0) is 29.7 Å². The highest BCUT2D eigenvalue weighted by Gasteiger charge is 2.70. The normalized spacial score (nSPS) is 23.6. The van der Waals surface area contributed by atoms with Gasteiger partial charge >= 0.3 is 5.97 Å². The Hall–Kier alpha value is -2.63. The third kappa shape index (κ3) is 3.66. The summed E-state index contributed by atoms with van der Waals surface area (Å²) in [5.74, 6) is -5.33. The number of rotatable bonds is 7. The van der Waals surface area contributed by atoms with E-state index in [9.17, 15) is 27.1 Å². The molecule has 0 spiro atoms. The maximum atomic E-state index is 13.4. The summed E-state index contributed by atoms with van der Waals surface area (Å²) in [5.41, 5.74) is -1.14. The lowest BCUT2D eigenvalue weighted by atomic mass is 10.1. The van der Waals surface area contributed by atoms with E-state index in [2.05, 4.69) is 14.9 Å². The smallest absolute Gasteiger partial charge is 0.325 e. The van der Waals surface area contributed by atoms with Gasteiger partial charge in [0.1, 0.15) is 21.1 Å². The number of carboxylic acids is 1. The first-order valence-electron chi connectivity index (χ1n) is 9.33. The molecule has 7 nitrogen and oxygen atoms in total. The number of aromatic amines is 1. The highest BCUT2D eigenvalue weighted by Crippen LogP contribution is 2.58. The number of H-pyrrole nitrogens is 1. The lowest BCUT2D eigenvalue weighted by Crippen LogP contribution is -2.45. The molecule has 0 bridgehead atoms. The molecule has 0 aliphatic heterocycles. The molecule has 1 aliphatic rings. The molecule has 0 amide bonds. The Labute approximate surface area is 181 Å². The van der Waals surface area contributed by atoms with E-state index in [1.807, 2.05) is 0 Å². The van der Waals surface area contributed by atoms with Crippen molar-refractivity contribution in [3.63, 3.8) is 0 Å². The minimum Gasteiger partial charge on any atom is -0.480 e. The molecular weight excluding hydrogens is 448 g/mol. The lowest BCUT2D eigenvalue weighted by molar-refractivity contribution is -0.140. The molecule has 4 rings (SSSR count). The highest BCUT2D eigenvalue weighted by atomic mass is 32.2. The number of halogens is 2. The Morgan fingerprint density at radius 1 is 1.26 bits per heavy atom. The van der Waals surface area contributed by atoms with Crippen molar-refractivity contribution in [1.82, 2.24) is 14.9 Å². The first-order valence-corrected chi connectivity index (χ1v) is 11.6. The van der Waals surface area contributed by atoms with Crippen molar-refractivity contribution >= 4 is 27.3 Å². The molecule has 164 valence electrons. The summed E-state index contributed by atoms with van der Waals surface area (Å²) in [7, 11) is -4.18. The fraction of sp³-hybridized carbons (Fsp3) is 0.300. The van der Waals surface area contributed by atoms with E-state index < -0.39 is 39.3 Å². The molecule has 31 heavy (non-hydrogen) atoms. The van der Waals surface area contributed by atoms with E-state index >= 15 is 0 Å². The zero-order valence-electron chi connectivity index (χ0n) is 16.5. The summed E-state index contributed by atoms with van der Waals surface area (Å²) in [6.07, 6.45) is 0. The van der Waals surface area contributed by atoms with E-state index in [4.69, 9.17) is 0 Å². The van der Waals surface area contributed by atoms with Crippen molar-refractivity contribution in [3.8, 4) is 10.6 Å². The van der Waals surface area contributed by atoms with E-state index in [0.29, 0.717) is 4.88 Å². The van der Waals surface area contributed by atoms with Crippen molar-refractivity contribution in [2.45, 2.75) is 35.4 Å². The number of aliphatic carboxylic acids is 1. The Morgan fingerprint density at radius 2 is 1.94 bits per heavy atom. The van der Waals surface area contributed by atoms with Crippen LogP contribution in [0.25, 0.3) is 10.6 Å². The maximum Gasteiger partial charge on any atom is 0.325 e. The van der Waals surface area contributed by atoms with Gasteiger partial charge in [-0.1, -0.05) is 37.3 Å². The summed E-state index contributed by atoms with van der Waals surface area (Å²) in [6, 6.07) is 12.8. The van der Waals surface area contributed by atoms with E-state index in [-0.39, 0.29) is 15.6 Å². The monoisotopic (exact) mass is 467 g/mol. The second kappa shape index (κ2) is 7.21. The fourth-order valence-electron chi connectivity index (χ4n) is 3.85. The van der Waals surface area contributed by atoms with Crippen molar-refractivity contribution in [3.05, 3.63) is 59.8 Å². The van der Waals surface area contributed by atoms with Gasteiger partial charge in [0.05, 0.1) is 4.88 Å². The average Bonchev–Trinajstić information content (AvgIpc) is 3.13. The van der Waals surface area contributed by atoms with Gasteiger partial charge in [0, 0.05) is 12.8 Å². The number of nitrogens with zero attached hydrogens (tertiary/aromatic N) is 1. The van der Waals surface area contributed by atoms with E-state index in [1.54, 1.807) is 37.3 Å². The molecule has 1 aliphatic carbocycles. The summed E-state index contributed by atoms with van der Waals surface area (Å²) in [4.78, 5) is 12.5. The Morgan fingerprint density at radius 3 is 2.52 bits per heavy atom. The maximum absolute atomic E-state index is 13.4. The second-order valence-electron chi connectivity index (χ2n) is 7.63. The van der Waals surface area contributed by atoms with Gasteiger partial charge in [0.25, 0.3) is 15.9 Å². The third-order valence-electron chi connectivity index (χ3n) is 5.56. The quantitative estimate of drug-likeness (QED) is 0.490. The van der Waals surface area contributed by atoms with Gasteiger partial charge in [-0.15, -0.1) is 11.3 Å². The van der Waals surface area contributed by atoms with Crippen LogP contribution < -0.4 is 4.72 Å². The van der Waals surface area contributed by atoms with Crippen LogP contribution in [0.3, 0.4) is 0 Å². The van der Waals surface area contributed by atoms with Gasteiger partial charge < -0.3 is 5.11 Å². The van der Waals surface area contributed by atoms with Crippen molar-refractivity contribution in [1.29, 1.82) is 0 Å². The molecule has 0 radical (unpaired) electrons. The Kier molecular flexibility index (Phi) is 5.02. The molecular formula is C20H19F2N3O4S2. The average molecular weight is 468 g/mol. The van der Waals surface area contributed by atoms with Crippen LogP contribution in [-0.4, -0.2) is 35.2 Å². The van der Waals surface area contributed by atoms with Crippen LogP contribution in [0.2, 0.25) is 0 Å². The summed E-state index contributed by atoms with van der Waals surface area (Å²) in [6.45, 7) is 2.41. The minimum absolute atomic E-state index is 0.123. The van der Waals surface area contributed by atoms with Crippen LogP contribution in [0.15, 0.2) is 52.7 Å². The van der Waals surface area contributed by atoms with Crippen LogP contribution >= 0.6 is 11.3 Å². The van der Waals surface area contributed by atoms with Gasteiger partial charge in [0.2, 0.25) is 0 Å². The van der Waals surface area contributed by atoms with Crippen LogP contribution in [-0.2, 0) is 20.7 Å². The topological polar surface area (TPSA) is 112 Å². The fourth-order valence-corrected chi connectivity index (χ4v) is 6.57. The molecule has 1 fully saturated rings. The highest BCUT2D eigenvalue weighted by molar-refractivity contribution is 7.91. The number of alkyl halides is 2. The SMILES string of the molecule is CC1[C@H](c2ccccc2)[C@]1(NS(=O)(=O)c1ccc(-c2cc(C(C)(F)F)[nH]n2)s1)C(=O)O. The number of aromatic nitrogens is 2. The first kappa shape index (κ1) is 21.6. The zero-order valence-corrected chi connectivity index (χ0v) is 18.1. The predicted octanol–water partition coefficient (Wildman–Crippen LogP) is 3.79. The molecule has 3 atom stereocenters. The van der Waals surface area contributed by atoms with Gasteiger partial charge in [-0.25, -0.2) is 8.42 Å². The number of carboxylic acid groups (broad SMARTS) is 1. The number of thiophene rings is 1. The van der Waals surface area contributed by atoms with Crippen LogP contribution in [0, 0.1) is 5.92 Å². The van der Waals surface area contributed by atoms with Gasteiger partial charge in [-0.2, -0.15) is 18.6 Å². The second-order valence-corrected chi connectivity index (χ2v) is 10.6. The Bertz CT molecular complexity index is 1230. The molecule has 11 heteroatoms. The van der Waals surface area contributed by atoms with Crippen LogP contribution in [0.5, 0.6) is 0 Å². The number of benzene rings is 1. The molecule has 1 unspecified atom stereocenters. The summed E-state index contributed by atoms with van der Waals surface area (Å²) < 4.78 is 55.1. The van der Waals surface area contributed by atoms with Crippen molar-refractivity contribution < 1.29 is 27.1 Å². The number of hydrogen-bond acceptors (Lipinski definition) is 5. The van der Waals surface area contributed by atoms with Crippen LogP contribution in [0.1, 0.15) is 31.0 Å². The first-order chi connectivity index (χ1) is 14.5. The number of carbonyl (C=O) groups is 1. The number of nitrogens with one attached hydrogen (secondary N) is 2. The largest absolute Gasteiger partial charge is 0.480 e. The molecule has 1 aromatic carbocycles. The lowest BCUT2D eigenvalue weighted by Gasteiger charge is -2.15. The van der Waals surface area contributed by atoms with E-state index in [1.165, 1.54) is 12.1 Å².